The van der Waals surface area contributed by atoms with E-state index in [1.807, 2.05) is 35.2 Å². The fourth-order valence-corrected chi connectivity index (χ4v) is 4.81. The van der Waals surface area contributed by atoms with Crippen molar-refractivity contribution in [2.75, 3.05) is 19.6 Å². The number of thiazole rings is 1. The van der Waals surface area contributed by atoms with Gasteiger partial charge in [0.1, 0.15) is 5.01 Å². The van der Waals surface area contributed by atoms with Gasteiger partial charge in [0.2, 0.25) is 0 Å². The predicted molar refractivity (Wildman–Crippen MR) is 104 cm³/mol. The van der Waals surface area contributed by atoms with Crippen molar-refractivity contribution >= 4 is 51.2 Å². The second-order valence-corrected chi connectivity index (χ2v) is 7.87. The van der Waals surface area contributed by atoms with Crippen molar-refractivity contribution in [1.82, 2.24) is 15.2 Å². The average molecular weight is 380 g/mol. The van der Waals surface area contributed by atoms with E-state index in [2.05, 4.69) is 23.3 Å². The maximum Gasteiger partial charge on any atom is 0.264 e. The summed E-state index contributed by atoms with van der Waals surface area (Å²) in [6.07, 6.45) is 0. The van der Waals surface area contributed by atoms with Gasteiger partial charge in [0.05, 0.1) is 20.0 Å². The fourth-order valence-electron chi connectivity index (χ4n) is 2.82. The standard InChI is InChI=1S/C17H17N3OS2.ClH/c1-11-10-20(9-8-18-11)17(21)15-7-6-14(22-15)16-19-12-4-2-3-5-13(12)23-16;/h2-7,11,18H,8-10H2,1H3;1H. The van der Waals surface area contributed by atoms with Crippen LogP contribution in [0.25, 0.3) is 20.1 Å². The van der Waals surface area contributed by atoms with E-state index in [0.717, 1.165) is 39.9 Å². The van der Waals surface area contributed by atoms with Crippen LogP contribution in [0.5, 0.6) is 0 Å². The van der Waals surface area contributed by atoms with Crippen molar-refractivity contribution in [2.24, 2.45) is 0 Å². The molecule has 0 aliphatic carbocycles. The van der Waals surface area contributed by atoms with Crippen molar-refractivity contribution in [2.45, 2.75) is 13.0 Å². The van der Waals surface area contributed by atoms with Gasteiger partial charge in [0.15, 0.2) is 0 Å². The molecule has 1 amide bonds. The third-order valence-electron chi connectivity index (χ3n) is 3.98. The first kappa shape index (κ1) is 17.4. The van der Waals surface area contributed by atoms with Crippen LogP contribution in [0.2, 0.25) is 0 Å². The number of piperazine rings is 1. The Hall–Kier alpha value is -1.47. The molecule has 0 radical (unpaired) electrons. The van der Waals surface area contributed by atoms with Crippen LogP contribution in [0.1, 0.15) is 16.6 Å². The van der Waals surface area contributed by atoms with E-state index >= 15 is 0 Å². The number of nitrogens with zero attached hydrogens (tertiary/aromatic N) is 2. The number of benzene rings is 1. The Morgan fingerprint density at radius 3 is 2.88 bits per heavy atom. The van der Waals surface area contributed by atoms with E-state index in [0.29, 0.717) is 6.04 Å². The Morgan fingerprint density at radius 2 is 2.08 bits per heavy atom. The summed E-state index contributed by atoms with van der Waals surface area (Å²) in [7, 11) is 0. The molecule has 1 aromatic carbocycles. The quantitative estimate of drug-likeness (QED) is 0.734. The lowest BCUT2D eigenvalue weighted by Gasteiger charge is -2.31. The number of amides is 1. The minimum absolute atomic E-state index is 0. The molecular formula is C17H18ClN3OS2. The number of para-hydroxylation sites is 1. The Bertz CT molecular complexity index is 827. The Morgan fingerprint density at radius 1 is 1.25 bits per heavy atom. The summed E-state index contributed by atoms with van der Waals surface area (Å²) < 4.78 is 1.18. The molecule has 3 heterocycles. The number of nitrogens with one attached hydrogen (secondary N) is 1. The molecule has 0 saturated carbocycles. The topological polar surface area (TPSA) is 45.2 Å². The van der Waals surface area contributed by atoms with E-state index in [-0.39, 0.29) is 18.3 Å². The van der Waals surface area contributed by atoms with E-state index in [4.69, 9.17) is 0 Å². The lowest BCUT2D eigenvalue weighted by atomic mass is 10.2. The summed E-state index contributed by atoms with van der Waals surface area (Å²) in [5.41, 5.74) is 1.02. The van der Waals surface area contributed by atoms with Gasteiger partial charge < -0.3 is 10.2 Å². The molecule has 1 saturated heterocycles. The Labute approximate surface area is 154 Å². The van der Waals surface area contributed by atoms with Gasteiger partial charge >= 0.3 is 0 Å². The van der Waals surface area contributed by atoms with Crippen molar-refractivity contribution in [3.05, 3.63) is 41.3 Å². The molecule has 1 atom stereocenters. The number of halogens is 1. The minimum atomic E-state index is 0. The highest BCUT2D eigenvalue weighted by atomic mass is 35.5. The van der Waals surface area contributed by atoms with Gasteiger partial charge in [-0.05, 0) is 31.2 Å². The van der Waals surface area contributed by atoms with Crippen LogP contribution in [0.15, 0.2) is 36.4 Å². The molecular weight excluding hydrogens is 362 g/mol. The van der Waals surface area contributed by atoms with Gasteiger partial charge in [-0.1, -0.05) is 12.1 Å². The molecule has 1 unspecified atom stereocenters. The highest BCUT2D eigenvalue weighted by Gasteiger charge is 2.23. The summed E-state index contributed by atoms with van der Waals surface area (Å²) in [5, 5.41) is 4.36. The van der Waals surface area contributed by atoms with Crippen LogP contribution in [-0.4, -0.2) is 41.5 Å². The minimum Gasteiger partial charge on any atom is -0.335 e. The lowest BCUT2D eigenvalue weighted by Crippen LogP contribution is -2.51. The molecule has 0 bridgehead atoms. The van der Waals surface area contributed by atoms with Crippen LogP contribution >= 0.6 is 35.1 Å². The van der Waals surface area contributed by atoms with Gasteiger partial charge in [-0.15, -0.1) is 35.1 Å². The van der Waals surface area contributed by atoms with E-state index in [1.165, 1.54) is 4.70 Å². The van der Waals surface area contributed by atoms with E-state index in [9.17, 15) is 4.79 Å². The SMILES string of the molecule is CC1CN(C(=O)c2ccc(-c3nc4ccccc4s3)s2)CCN1.Cl. The number of hydrogen-bond acceptors (Lipinski definition) is 5. The first-order valence-electron chi connectivity index (χ1n) is 7.69. The molecule has 3 aromatic rings. The zero-order valence-electron chi connectivity index (χ0n) is 13.2. The van der Waals surface area contributed by atoms with E-state index < -0.39 is 0 Å². The molecule has 4 nitrogen and oxygen atoms in total. The number of hydrogen-bond donors (Lipinski definition) is 1. The molecule has 1 fully saturated rings. The molecule has 2 aromatic heterocycles. The normalized spacial score (nSPS) is 17.7. The second kappa shape index (κ2) is 7.19. The smallest absolute Gasteiger partial charge is 0.264 e. The first-order chi connectivity index (χ1) is 11.2. The van der Waals surface area contributed by atoms with Gasteiger partial charge in [-0.2, -0.15) is 0 Å². The molecule has 24 heavy (non-hydrogen) atoms. The van der Waals surface area contributed by atoms with Crippen molar-refractivity contribution < 1.29 is 4.79 Å². The van der Waals surface area contributed by atoms with Crippen molar-refractivity contribution in [3.63, 3.8) is 0 Å². The summed E-state index contributed by atoms with van der Waals surface area (Å²) in [5.74, 6) is 0.135. The average Bonchev–Trinajstić information content (AvgIpc) is 3.20. The Balaban J connectivity index is 0.00000169. The first-order valence-corrected chi connectivity index (χ1v) is 9.32. The van der Waals surface area contributed by atoms with Crippen LogP contribution < -0.4 is 5.32 Å². The largest absolute Gasteiger partial charge is 0.335 e. The molecule has 4 rings (SSSR count). The van der Waals surface area contributed by atoms with E-state index in [1.54, 1.807) is 22.7 Å². The Kier molecular flexibility index (Phi) is 5.20. The summed E-state index contributed by atoms with van der Waals surface area (Å²) in [4.78, 5) is 21.1. The maximum absolute atomic E-state index is 12.7. The van der Waals surface area contributed by atoms with Crippen LogP contribution in [0.4, 0.5) is 0 Å². The monoisotopic (exact) mass is 379 g/mol. The highest BCUT2D eigenvalue weighted by molar-refractivity contribution is 7.26. The number of rotatable bonds is 2. The predicted octanol–water partition coefficient (Wildman–Crippen LogP) is 3.88. The lowest BCUT2D eigenvalue weighted by molar-refractivity contribution is 0.0714. The number of carbonyl (C=O) groups excluding carboxylic acids is 1. The molecule has 1 aliphatic heterocycles. The number of thiophene rings is 1. The summed E-state index contributed by atoms with van der Waals surface area (Å²) in [6, 6.07) is 12.4. The summed E-state index contributed by atoms with van der Waals surface area (Å²) in [6.45, 7) is 4.52. The van der Waals surface area contributed by atoms with Gasteiger partial charge in [-0.3, -0.25) is 4.79 Å². The molecule has 126 valence electrons. The van der Waals surface area contributed by atoms with Crippen molar-refractivity contribution in [1.29, 1.82) is 0 Å². The van der Waals surface area contributed by atoms with Crippen LogP contribution in [0.3, 0.4) is 0 Å². The summed E-state index contributed by atoms with van der Waals surface area (Å²) >= 11 is 3.22. The highest BCUT2D eigenvalue weighted by Crippen LogP contribution is 2.34. The third kappa shape index (κ3) is 3.32. The number of aromatic nitrogens is 1. The third-order valence-corrected chi connectivity index (χ3v) is 6.26. The van der Waals surface area contributed by atoms with Gasteiger partial charge in [-0.25, -0.2) is 4.98 Å². The zero-order chi connectivity index (χ0) is 15.8. The van der Waals surface area contributed by atoms with Gasteiger partial charge in [0, 0.05) is 25.7 Å². The molecule has 1 N–H and O–H groups in total. The fraction of sp³-hybridized carbons (Fsp3) is 0.294. The second-order valence-electron chi connectivity index (χ2n) is 5.76. The van der Waals surface area contributed by atoms with Crippen LogP contribution in [-0.2, 0) is 0 Å². The maximum atomic E-state index is 12.7. The number of carbonyl (C=O) groups is 1. The molecule has 0 spiro atoms. The molecule has 1 aliphatic rings. The van der Waals surface area contributed by atoms with Crippen molar-refractivity contribution in [3.8, 4) is 9.88 Å². The van der Waals surface area contributed by atoms with Crippen LogP contribution in [0, 0.1) is 0 Å². The molecule has 7 heteroatoms. The number of fused-ring (bicyclic) bond motifs is 1. The van der Waals surface area contributed by atoms with Gasteiger partial charge in [0.25, 0.3) is 5.91 Å². The zero-order valence-corrected chi connectivity index (χ0v) is 15.6.